The molecule has 2 aromatic heterocycles. The van der Waals surface area contributed by atoms with Crippen LogP contribution in [0.15, 0.2) is 36.7 Å². The summed E-state index contributed by atoms with van der Waals surface area (Å²) in [6.07, 6.45) is 3.39. The van der Waals surface area contributed by atoms with Gasteiger partial charge in [0, 0.05) is 23.7 Å². The number of aryl methyl sites for hydroxylation is 1. The van der Waals surface area contributed by atoms with E-state index in [4.69, 9.17) is 5.26 Å². The number of nitrogens with zero attached hydrogens (tertiary/aromatic N) is 3. The topological polar surface area (TPSA) is 49.6 Å². The fraction of sp³-hybridized carbons (Fsp3) is 0.214. The van der Waals surface area contributed by atoms with Crippen molar-refractivity contribution in [2.75, 3.05) is 0 Å². The molecule has 3 nitrogen and oxygen atoms in total. The molecule has 0 aliphatic rings. The quantitative estimate of drug-likeness (QED) is 0.747. The summed E-state index contributed by atoms with van der Waals surface area (Å²) in [6, 6.07) is 9.54. The van der Waals surface area contributed by atoms with Gasteiger partial charge in [0.25, 0.3) is 0 Å². The third-order valence-corrected chi connectivity index (χ3v) is 2.19. The van der Waals surface area contributed by atoms with Gasteiger partial charge in [-0.15, -0.1) is 0 Å². The van der Waals surface area contributed by atoms with Gasteiger partial charge in [0.1, 0.15) is 11.8 Å². The summed E-state index contributed by atoms with van der Waals surface area (Å²) in [6.45, 7) is 5.95. The van der Waals surface area contributed by atoms with Gasteiger partial charge in [0.2, 0.25) is 0 Å². The highest BCUT2D eigenvalue weighted by molar-refractivity contribution is 5.66. The summed E-state index contributed by atoms with van der Waals surface area (Å²) in [7, 11) is 0. The average Bonchev–Trinajstić information content (AvgIpc) is 2.42. The molecule has 0 saturated carbocycles. The Hall–Kier alpha value is -2.21. The molecule has 2 aromatic rings. The van der Waals surface area contributed by atoms with Crippen LogP contribution in [0.4, 0.5) is 0 Å². The largest absolute Gasteiger partial charge is 0.261 e. The Morgan fingerprint density at radius 2 is 1.88 bits per heavy atom. The van der Waals surface area contributed by atoms with E-state index in [2.05, 4.69) is 9.97 Å². The maximum Gasteiger partial charge on any atom is 0.141 e. The fourth-order valence-corrected chi connectivity index (χ4v) is 1.45. The number of pyridine rings is 2. The first-order chi connectivity index (χ1) is 8.31. The number of aromatic nitrogens is 2. The van der Waals surface area contributed by atoms with Crippen LogP contribution in [0.3, 0.4) is 0 Å². The molecule has 0 unspecified atom stereocenters. The van der Waals surface area contributed by atoms with Crippen molar-refractivity contribution in [3.63, 3.8) is 0 Å². The number of nitriles is 1. The van der Waals surface area contributed by atoms with Gasteiger partial charge >= 0.3 is 0 Å². The fourth-order valence-electron chi connectivity index (χ4n) is 1.45. The Kier molecular flexibility index (Phi) is 4.83. The first kappa shape index (κ1) is 12.9. The Morgan fingerprint density at radius 3 is 2.53 bits per heavy atom. The molecule has 3 heteroatoms. The van der Waals surface area contributed by atoms with Crippen molar-refractivity contribution in [3.05, 3.63) is 48.0 Å². The smallest absolute Gasteiger partial charge is 0.141 e. The van der Waals surface area contributed by atoms with Gasteiger partial charge in [-0.25, -0.2) is 4.98 Å². The van der Waals surface area contributed by atoms with Crippen LogP contribution < -0.4 is 0 Å². The summed E-state index contributed by atoms with van der Waals surface area (Å²) < 4.78 is 0. The highest BCUT2D eigenvalue weighted by Crippen LogP contribution is 2.21. The van der Waals surface area contributed by atoms with Crippen molar-refractivity contribution in [2.45, 2.75) is 20.8 Å². The minimum Gasteiger partial charge on any atom is -0.261 e. The lowest BCUT2D eigenvalue weighted by atomic mass is 10.1. The minimum absolute atomic E-state index is 0.427. The SMILES string of the molecule is CC.Cc1ncccc1-c1ccnc(C#N)c1. The Labute approximate surface area is 102 Å². The predicted molar refractivity (Wildman–Crippen MR) is 68.3 cm³/mol. The van der Waals surface area contributed by atoms with Gasteiger partial charge in [-0.2, -0.15) is 5.26 Å². The molecule has 2 rings (SSSR count). The molecule has 0 radical (unpaired) electrons. The van der Waals surface area contributed by atoms with Gasteiger partial charge in [-0.05, 0) is 30.7 Å². The van der Waals surface area contributed by atoms with E-state index in [-0.39, 0.29) is 0 Å². The lowest BCUT2D eigenvalue weighted by Gasteiger charge is -2.03. The molecule has 0 spiro atoms. The van der Waals surface area contributed by atoms with Crippen molar-refractivity contribution in [2.24, 2.45) is 0 Å². The van der Waals surface area contributed by atoms with Crippen LogP contribution in [0, 0.1) is 18.3 Å². The van der Waals surface area contributed by atoms with Gasteiger partial charge in [-0.3, -0.25) is 4.98 Å². The Balaban J connectivity index is 0.000000686. The first-order valence-corrected chi connectivity index (χ1v) is 5.59. The molecule has 2 heterocycles. The van der Waals surface area contributed by atoms with E-state index in [0.29, 0.717) is 5.69 Å². The second-order valence-electron chi connectivity index (χ2n) is 3.18. The molecular weight excluding hydrogens is 210 g/mol. The van der Waals surface area contributed by atoms with Crippen LogP contribution in [0.5, 0.6) is 0 Å². The molecule has 0 atom stereocenters. The molecule has 86 valence electrons. The normalized spacial score (nSPS) is 8.82. The molecule has 0 saturated heterocycles. The van der Waals surface area contributed by atoms with E-state index in [1.54, 1.807) is 18.5 Å². The molecule has 0 N–H and O–H groups in total. The van der Waals surface area contributed by atoms with E-state index in [1.807, 2.05) is 45.0 Å². The second kappa shape index (κ2) is 6.39. The second-order valence-corrected chi connectivity index (χ2v) is 3.18. The van der Waals surface area contributed by atoms with E-state index in [9.17, 15) is 0 Å². The zero-order valence-electron chi connectivity index (χ0n) is 10.3. The van der Waals surface area contributed by atoms with Gasteiger partial charge in [0.05, 0.1) is 0 Å². The highest BCUT2D eigenvalue weighted by atomic mass is 14.7. The zero-order valence-corrected chi connectivity index (χ0v) is 10.3. The van der Waals surface area contributed by atoms with Gasteiger partial charge in [0.15, 0.2) is 0 Å². The molecule has 0 aliphatic heterocycles. The van der Waals surface area contributed by atoms with E-state index in [0.717, 1.165) is 16.8 Å². The first-order valence-electron chi connectivity index (χ1n) is 5.59. The van der Waals surface area contributed by atoms with Crippen molar-refractivity contribution in [3.8, 4) is 17.2 Å². The molecular formula is C14H15N3. The summed E-state index contributed by atoms with van der Waals surface area (Å²) in [5.41, 5.74) is 3.40. The van der Waals surface area contributed by atoms with Crippen molar-refractivity contribution < 1.29 is 0 Å². The maximum absolute atomic E-state index is 8.75. The minimum atomic E-state index is 0.427. The summed E-state index contributed by atoms with van der Waals surface area (Å²) in [5.74, 6) is 0. The van der Waals surface area contributed by atoms with E-state index >= 15 is 0 Å². The Morgan fingerprint density at radius 1 is 1.12 bits per heavy atom. The zero-order chi connectivity index (χ0) is 12.7. The molecule has 17 heavy (non-hydrogen) atoms. The molecule has 0 amide bonds. The maximum atomic E-state index is 8.75. The third-order valence-electron chi connectivity index (χ3n) is 2.19. The standard InChI is InChI=1S/C12H9N3.C2H6/c1-9-12(3-2-5-14-9)10-4-6-15-11(7-10)8-13;1-2/h2-7H,1H3;1-2H3. The lowest BCUT2D eigenvalue weighted by molar-refractivity contribution is 1.20. The predicted octanol–water partition coefficient (Wildman–Crippen LogP) is 3.35. The number of hydrogen-bond donors (Lipinski definition) is 0. The summed E-state index contributed by atoms with van der Waals surface area (Å²) in [4.78, 5) is 8.14. The number of hydrogen-bond acceptors (Lipinski definition) is 3. The molecule has 0 bridgehead atoms. The number of rotatable bonds is 1. The van der Waals surface area contributed by atoms with Crippen LogP contribution >= 0.6 is 0 Å². The van der Waals surface area contributed by atoms with Gasteiger partial charge in [-0.1, -0.05) is 19.9 Å². The monoisotopic (exact) mass is 225 g/mol. The molecule has 0 aromatic carbocycles. The third kappa shape index (κ3) is 3.12. The lowest BCUT2D eigenvalue weighted by Crippen LogP contribution is -1.88. The van der Waals surface area contributed by atoms with Crippen LogP contribution in [-0.2, 0) is 0 Å². The Bertz CT molecular complexity index is 527. The molecule has 0 fully saturated rings. The van der Waals surface area contributed by atoms with Crippen LogP contribution in [0.2, 0.25) is 0 Å². The van der Waals surface area contributed by atoms with E-state index in [1.165, 1.54) is 0 Å². The van der Waals surface area contributed by atoms with Crippen molar-refractivity contribution in [1.29, 1.82) is 5.26 Å². The van der Waals surface area contributed by atoms with Crippen molar-refractivity contribution in [1.82, 2.24) is 9.97 Å². The molecule has 0 aliphatic carbocycles. The van der Waals surface area contributed by atoms with E-state index < -0.39 is 0 Å². The van der Waals surface area contributed by atoms with Crippen LogP contribution in [0.1, 0.15) is 25.2 Å². The van der Waals surface area contributed by atoms with Crippen molar-refractivity contribution >= 4 is 0 Å². The van der Waals surface area contributed by atoms with Gasteiger partial charge < -0.3 is 0 Å². The van der Waals surface area contributed by atoms with Crippen LogP contribution in [0.25, 0.3) is 11.1 Å². The average molecular weight is 225 g/mol. The summed E-state index contributed by atoms with van der Waals surface area (Å²) in [5, 5.41) is 8.75. The summed E-state index contributed by atoms with van der Waals surface area (Å²) >= 11 is 0. The van der Waals surface area contributed by atoms with Crippen LogP contribution in [-0.4, -0.2) is 9.97 Å². The highest BCUT2D eigenvalue weighted by Gasteiger charge is 2.02.